The summed E-state index contributed by atoms with van der Waals surface area (Å²) in [5, 5.41) is 14.6. The van der Waals surface area contributed by atoms with E-state index in [1.807, 2.05) is 6.20 Å². The smallest absolute Gasteiger partial charge is 0.114 e. The molecule has 0 radical (unpaired) electrons. The Hall–Kier alpha value is -0.650. The number of nitrogens with one attached hydrogen (secondary N) is 1. The zero-order valence-electron chi connectivity index (χ0n) is 11.8. The number of hydrogen-bond donors (Lipinski definition) is 2. The van der Waals surface area contributed by atoms with Gasteiger partial charge < -0.3 is 10.4 Å². The van der Waals surface area contributed by atoms with E-state index >= 15 is 0 Å². The van der Waals surface area contributed by atoms with Crippen LogP contribution in [0.1, 0.15) is 38.5 Å². The van der Waals surface area contributed by atoms with E-state index in [0.717, 1.165) is 23.6 Å². The highest BCUT2D eigenvalue weighted by Gasteiger charge is 2.44. The van der Waals surface area contributed by atoms with Crippen LogP contribution in [0.5, 0.6) is 0 Å². The molecular formula is C15H23N3OS. The van der Waals surface area contributed by atoms with Crippen LogP contribution in [-0.2, 0) is 0 Å². The van der Waals surface area contributed by atoms with Gasteiger partial charge in [-0.2, -0.15) is 0 Å². The van der Waals surface area contributed by atoms with Crippen LogP contribution in [0.15, 0.2) is 23.6 Å². The van der Waals surface area contributed by atoms with Crippen molar-refractivity contribution in [3.8, 4) is 0 Å². The van der Waals surface area contributed by atoms with Crippen molar-refractivity contribution in [3.05, 3.63) is 18.6 Å². The third kappa shape index (κ3) is 3.32. The minimum absolute atomic E-state index is 0.00983. The first-order chi connectivity index (χ1) is 9.82. The van der Waals surface area contributed by atoms with Gasteiger partial charge in [-0.1, -0.05) is 6.42 Å². The second-order valence-corrected chi connectivity index (χ2v) is 7.12. The molecule has 2 atom stereocenters. The molecule has 3 rings (SSSR count). The fourth-order valence-electron chi connectivity index (χ4n) is 3.31. The standard InChI is InChI=1S/C15H23N3OS/c19-11-15(18-13-3-4-13)6-1-2-12(15)5-9-20-14-10-16-7-8-17-14/h7-8,10,12-13,18-19H,1-6,9,11H2. The summed E-state index contributed by atoms with van der Waals surface area (Å²) in [6.45, 7) is 0.282. The maximum atomic E-state index is 9.89. The highest BCUT2D eigenvalue weighted by atomic mass is 32.2. The highest BCUT2D eigenvalue weighted by Crippen LogP contribution is 2.41. The van der Waals surface area contributed by atoms with E-state index in [1.165, 1.54) is 25.7 Å². The average Bonchev–Trinajstić information content (AvgIpc) is 3.21. The van der Waals surface area contributed by atoms with Crippen LogP contribution in [0.2, 0.25) is 0 Å². The second-order valence-electron chi connectivity index (χ2n) is 6.00. The zero-order chi connectivity index (χ0) is 13.8. The molecule has 2 fully saturated rings. The maximum absolute atomic E-state index is 9.89. The molecule has 1 heterocycles. The molecule has 0 saturated heterocycles. The Bertz CT molecular complexity index is 426. The molecule has 2 saturated carbocycles. The molecule has 5 heteroatoms. The summed E-state index contributed by atoms with van der Waals surface area (Å²) in [5.74, 6) is 1.65. The third-order valence-corrected chi connectivity index (χ3v) is 5.51. The summed E-state index contributed by atoms with van der Waals surface area (Å²) < 4.78 is 0. The van der Waals surface area contributed by atoms with Gasteiger partial charge in [-0.3, -0.25) is 4.98 Å². The Morgan fingerprint density at radius 1 is 1.35 bits per heavy atom. The first-order valence-electron chi connectivity index (χ1n) is 7.60. The van der Waals surface area contributed by atoms with Gasteiger partial charge in [0, 0.05) is 24.0 Å². The van der Waals surface area contributed by atoms with Crippen LogP contribution in [0.4, 0.5) is 0 Å². The van der Waals surface area contributed by atoms with E-state index < -0.39 is 0 Å². The molecule has 1 aromatic rings. The van der Waals surface area contributed by atoms with Crippen molar-refractivity contribution in [2.45, 2.75) is 55.1 Å². The Kier molecular flexibility index (Phi) is 4.58. The minimum atomic E-state index is -0.00983. The van der Waals surface area contributed by atoms with Crippen molar-refractivity contribution in [1.82, 2.24) is 15.3 Å². The molecule has 1 aromatic heterocycles. The van der Waals surface area contributed by atoms with Crippen molar-refractivity contribution in [2.24, 2.45) is 5.92 Å². The van der Waals surface area contributed by atoms with E-state index in [0.29, 0.717) is 12.0 Å². The molecule has 2 aliphatic carbocycles. The van der Waals surface area contributed by atoms with Gasteiger partial charge in [-0.25, -0.2) is 4.98 Å². The van der Waals surface area contributed by atoms with Crippen LogP contribution in [0, 0.1) is 5.92 Å². The van der Waals surface area contributed by atoms with Gasteiger partial charge in [-0.15, -0.1) is 11.8 Å². The summed E-state index contributed by atoms with van der Waals surface area (Å²) in [6.07, 6.45) is 12.6. The predicted molar refractivity (Wildman–Crippen MR) is 80.7 cm³/mol. The van der Waals surface area contributed by atoms with Gasteiger partial charge >= 0.3 is 0 Å². The van der Waals surface area contributed by atoms with Crippen molar-refractivity contribution in [2.75, 3.05) is 12.4 Å². The molecule has 4 nitrogen and oxygen atoms in total. The van der Waals surface area contributed by atoms with Crippen molar-refractivity contribution >= 4 is 11.8 Å². The fourth-order valence-corrected chi connectivity index (χ4v) is 4.19. The molecule has 0 aromatic carbocycles. The monoisotopic (exact) mass is 293 g/mol. The Balaban J connectivity index is 1.52. The highest BCUT2D eigenvalue weighted by molar-refractivity contribution is 7.99. The minimum Gasteiger partial charge on any atom is -0.394 e. The van der Waals surface area contributed by atoms with Crippen molar-refractivity contribution < 1.29 is 5.11 Å². The summed E-state index contributed by atoms with van der Waals surface area (Å²) >= 11 is 1.77. The van der Waals surface area contributed by atoms with E-state index in [1.54, 1.807) is 24.2 Å². The molecule has 2 N–H and O–H groups in total. The van der Waals surface area contributed by atoms with Crippen LogP contribution >= 0.6 is 11.8 Å². The quantitative estimate of drug-likeness (QED) is 0.755. The molecular weight excluding hydrogens is 270 g/mol. The Labute approximate surface area is 124 Å². The van der Waals surface area contributed by atoms with Crippen molar-refractivity contribution in [3.63, 3.8) is 0 Å². The molecule has 0 bridgehead atoms. The lowest BCUT2D eigenvalue weighted by molar-refractivity contribution is 0.120. The summed E-state index contributed by atoms with van der Waals surface area (Å²) in [7, 11) is 0. The molecule has 2 unspecified atom stereocenters. The maximum Gasteiger partial charge on any atom is 0.114 e. The first-order valence-corrected chi connectivity index (χ1v) is 8.58. The summed E-state index contributed by atoms with van der Waals surface area (Å²) in [4.78, 5) is 8.39. The molecule has 110 valence electrons. The molecule has 0 amide bonds. The van der Waals surface area contributed by atoms with E-state index in [4.69, 9.17) is 0 Å². The largest absolute Gasteiger partial charge is 0.394 e. The molecule has 2 aliphatic rings. The SMILES string of the molecule is OCC1(NC2CC2)CCCC1CCSc1cnccn1. The molecule has 20 heavy (non-hydrogen) atoms. The zero-order valence-corrected chi connectivity index (χ0v) is 12.6. The van der Waals surface area contributed by atoms with E-state index in [-0.39, 0.29) is 12.1 Å². The number of aliphatic hydroxyl groups is 1. The van der Waals surface area contributed by atoms with Crippen LogP contribution < -0.4 is 5.32 Å². The lowest BCUT2D eigenvalue weighted by Crippen LogP contribution is -2.52. The van der Waals surface area contributed by atoms with Gasteiger partial charge in [0.2, 0.25) is 0 Å². The number of aromatic nitrogens is 2. The van der Waals surface area contributed by atoms with Crippen LogP contribution in [-0.4, -0.2) is 39.0 Å². The van der Waals surface area contributed by atoms with Crippen LogP contribution in [0.3, 0.4) is 0 Å². The number of thioether (sulfide) groups is 1. The van der Waals surface area contributed by atoms with Gasteiger partial charge in [0.05, 0.1) is 12.8 Å². The second kappa shape index (κ2) is 6.41. The van der Waals surface area contributed by atoms with Gasteiger partial charge in [0.25, 0.3) is 0 Å². The number of rotatable bonds is 7. The first kappa shape index (κ1) is 14.3. The third-order valence-electron chi connectivity index (χ3n) is 4.56. The lowest BCUT2D eigenvalue weighted by atomic mass is 9.85. The predicted octanol–water partition coefficient (Wildman–Crippen LogP) is 2.24. The van der Waals surface area contributed by atoms with Crippen molar-refractivity contribution in [1.29, 1.82) is 0 Å². The number of hydrogen-bond acceptors (Lipinski definition) is 5. The lowest BCUT2D eigenvalue weighted by Gasteiger charge is -2.35. The number of aliphatic hydroxyl groups excluding tert-OH is 1. The van der Waals surface area contributed by atoms with Gasteiger partial charge in [0.1, 0.15) is 5.03 Å². The Morgan fingerprint density at radius 2 is 2.25 bits per heavy atom. The topological polar surface area (TPSA) is 58.0 Å². The summed E-state index contributed by atoms with van der Waals surface area (Å²) in [5.41, 5.74) is -0.00983. The molecule has 0 spiro atoms. The molecule has 0 aliphatic heterocycles. The Morgan fingerprint density at radius 3 is 2.95 bits per heavy atom. The van der Waals surface area contributed by atoms with E-state index in [2.05, 4.69) is 15.3 Å². The number of nitrogens with zero attached hydrogens (tertiary/aromatic N) is 2. The fraction of sp³-hybridized carbons (Fsp3) is 0.733. The van der Waals surface area contributed by atoms with Gasteiger partial charge in [-0.05, 0) is 43.8 Å². The van der Waals surface area contributed by atoms with E-state index in [9.17, 15) is 5.11 Å². The van der Waals surface area contributed by atoms with Gasteiger partial charge in [0.15, 0.2) is 0 Å². The average molecular weight is 293 g/mol. The normalized spacial score (nSPS) is 29.8. The summed E-state index contributed by atoms with van der Waals surface area (Å²) in [6, 6.07) is 0.662. The van der Waals surface area contributed by atoms with Crippen LogP contribution in [0.25, 0.3) is 0 Å².